The van der Waals surface area contributed by atoms with Crippen LogP contribution in [0, 0.1) is 10.1 Å². The zero-order valence-electron chi connectivity index (χ0n) is 16.6. The Kier molecular flexibility index (Phi) is 5.20. The third-order valence-corrected chi connectivity index (χ3v) is 6.50. The van der Waals surface area contributed by atoms with Crippen LogP contribution in [-0.2, 0) is 16.4 Å². The van der Waals surface area contributed by atoms with Crippen molar-refractivity contribution in [3.63, 3.8) is 0 Å². The molecular weight excluding hydrogens is 418 g/mol. The summed E-state index contributed by atoms with van der Waals surface area (Å²) in [5.74, 6) is -0.142. The number of hydrogen-bond donors (Lipinski definition) is 1. The quantitative estimate of drug-likeness (QED) is 0.479. The van der Waals surface area contributed by atoms with E-state index in [1.807, 2.05) is 13.0 Å². The van der Waals surface area contributed by atoms with Gasteiger partial charge in [0, 0.05) is 29.4 Å². The fourth-order valence-electron chi connectivity index (χ4n) is 3.70. The van der Waals surface area contributed by atoms with Crippen LogP contribution in [0.2, 0.25) is 0 Å². The lowest BCUT2D eigenvalue weighted by molar-refractivity contribution is -0.384. The second-order valence-electron chi connectivity index (χ2n) is 7.30. The van der Waals surface area contributed by atoms with E-state index >= 15 is 0 Å². The molecule has 0 unspecified atom stereocenters. The monoisotopic (exact) mass is 437 g/mol. The number of non-ortho nitro benzene ring substituents is 1. The average Bonchev–Trinajstić information content (AvgIpc) is 3.08. The number of nitrogens with zero attached hydrogens (tertiary/aromatic N) is 2. The molecule has 3 aromatic carbocycles. The summed E-state index contributed by atoms with van der Waals surface area (Å²) >= 11 is 0. The minimum absolute atomic E-state index is 0.0268. The van der Waals surface area contributed by atoms with E-state index in [1.54, 1.807) is 41.3 Å². The first-order chi connectivity index (χ1) is 14.8. The number of hydrogen-bond acceptors (Lipinski definition) is 5. The molecule has 0 saturated heterocycles. The number of rotatable bonds is 5. The smallest absolute Gasteiger partial charge is 0.271 e. The van der Waals surface area contributed by atoms with Crippen molar-refractivity contribution >= 4 is 33.0 Å². The molecule has 0 bridgehead atoms. The van der Waals surface area contributed by atoms with Crippen LogP contribution in [0.1, 0.15) is 22.8 Å². The van der Waals surface area contributed by atoms with Gasteiger partial charge < -0.3 is 4.90 Å². The lowest BCUT2D eigenvalue weighted by Crippen LogP contribution is -2.35. The Balaban J connectivity index is 1.63. The van der Waals surface area contributed by atoms with Gasteiger partial charge in [-0.05, 0) is 55.3 Å². The van der Waals surface area contributed by atoms with Crippen molar-refractivity contribution in [1.29, 1.82) is 0 Å². The van der Waals surface area contributed by atoms with E-state index in [4.69, 9.17) is 0 Å². The summed E-state index contributed by atoms with van der Waals surface area (Å²) in [5.41, 5.74) is 1.88. The van der Waals surface area contributed by atoms with Crippen molar-refractivity contribution in [2.75, 3.05) is 9.62 Å². The van der Waals surface area contributed by atoms with Gasteiger partial charge >= 0.3 is 0 Å². The zero-order valence-corrected chi connectivity index (χ0v) is 17.4. The molecule has 1 amide bonds. The highest BCUT2D eigenvalue weighted by Crippen LogP contribution is 2.35. The lowest BCUT2D eigenvalue weighted by atomic mass is 10.1. The minimum atomic E-state index is -3.96. The summed E-state index contributed by atoms with van der Waals surface area (Å²) in [7, 11) is -3.96. The number of anilines is 2. The predicted octanol–water partition coefficient (Wildman–Crippen LogP) is 3.99. The number of nitrogens with one attached hydrogen (secondary N) is 1. The van der Waals surface area contributed by atoms with Gasteiger partial charge in [0.05, 0.1) is 15.5 Å². The van der Waals surface area contributed by atoms with Crippen LogP contribution in [0.25, 0.3) is 0 Å². The Morgan fingerprint density at radius 3 is 2.52 bits per heavy atom. The maximum absolute atomic E-state index is 13.0. The lowest BCUT2D eigenvalue weighted by Gasteiger charge is -2.23. The number of fused-ring (bicyclic) bond motifs is 1. The maximum atomic E-state index is 13.0. The topological polar surface area (TPSA) is 110 Å². The first-order valence-electron chi connectivity index (χ1n) is 9.55. The van der Waals surface area contributed by atoms with Gasteiger partial charge in [-0.25, -0.2) is 8.42 Å². The van der Waals surface area contributed by atoms with E-state index in [1.165, 1.54) is 24.3 Å². The highest BCUT2D eigenvalue weighted by molar-refractivity contribution is 7.92. The van der Waals surface area contributed by atoms with Gasteiger partial charge in [-0.3, -0.25) is 19.6 Å². The molecule has 31 heavy (non-hydrogen) atoms. The molecule has 1 N–H and O–H groups in total. The van der Waals surface area contributed by atoms with Gasteiger partial charge in [0.2, 0.25) is 0 Å². The largest absolute Gasteiger partial charge is 0.305 e. The van der Waals surface area contributed by atoms with Crippen molar-refractivity contribution in [3.05, 3.63) is 94.0 Å². The molecule has 1 heterocycles. The summed E-state index contributed by atoms with van der Waals surface area (Å²) in [6.45, 7) is 1.91. The van der Waals surface area contributed by atoms with E-state index in [0.29, 0.717) is 17.7 Å². The summed E-state index contributed by atoms with van der Waals surface area (Å²) in [5, 5.41) is 10.9. The molecule has 1 aliphatic rings. The summed E-state index contributed by atoms with van der Waals surface area (Å²) < 4.78 is 28.1. The molecule has 0 saturated carbocycles. The molecule has 0 aromatic heterocycles. The normalized spacial score (nSPS) is 15.4. The molecule has 0 spiro atoms. The number of carbonyl (C=O) groups is 1. The van der Waals surface area contributed by atoms with Gasteiger partial charge in [0.1, 0.15) is 0 Å². The SMILES string of the molecule is C[C@H]1Cc2cc(S(=O)(=O)Nc3cccc([N+](=O)[O-])c3)ccc2N1C(=O)c1ccccc1. The van der Waals surface area contributed by atoms with Crippen LogP contribution in [0.3, 0.4) is 0 Å². The third kappa shape index (κ3) is 3.99. The van der Waals surface area contributed by atoms with Gasteiger partial charge in [0.15, 0.2) is 0 Å². The Labute approximate surface area is 179 Å². The van der Waals surface area contributed by atoms with Crippen LogP contribution in [0.15, 0.2) is 77.7 Å². The summed E-state index contributed by atoms with van der Waals surface area (Å²) in [6, 6.07) is 18.7. The van der Waals surface area contributed by atoms with Gasteiger partial charge in [-0.2, -0.15) is 0 Å². The van der Waals surface area contributed by atoms with Gasteiger partial charge in [-0.1, -0.05) is 24.3 Å². The Morgan fingerprint density at radius 2 is 1.81 bits per heavy atom. The number of nitro groups is 1. The van der Waals surface area contributed by atoms with Gasteiger partial charge in [0.25, 0.3) is 21.6 Å². The standard InChI is InChI=1S/C22H19N3O5S/c1-15-12-17-13-20(31(29,30)23-18-8-5-9-19(14-18)25(27)28)10-11-21(17)24(15)22(26)16-6-3-2-4-7-16/h2-11,13-15,23H,12H2,1H3/t15-/m0/s1. The van der Waals surface area contributed by atoms with Crippen LogP contribution in [0.5, 0.6) is 0 Å². The second-order valence-corrected chi connectivity index (χ2v) is 8.98. The first kappa shape index (κ1) is 20.5. The molecule has 158 valence electrons. The molecule has 4 rings (SSSR count). The van der Waals surface area contributed by atoms with E-state index in [0.717, 1.165) is 11.6 Å². The van der Waals surface area contributed by atoms with Crippen molar-refractivity contribution in [2.24, 2.45) is 0 Å². The second kappa shape index (κ2) is 7.84. The number of nitro benzene ring substituents is 1. The molecule has 1 aliphatic heterocycles. The van der Waals surface area contributed by atoms with E-state index < -0.39 is 14.9 Å². The molecular formula is C22H19N3O5S. The van der Waals surface area contributed by atoms with E-state index in [9.17, 15) is 23.3 Å². The number of amides is 1. The molecule has 0 aliphatic carbocycles. The Morgan fingerprint density at radius 1 is 1.06 bits per heavy atom. The fraction of sp³-hybridized carbons (Fsp3) is 0.136. The third-order valence-electron chi connectivity index (χ3n) is 5.13. The average molecular weight is 437 g/mol. The van der Waals surface area contributed by atoms with Gasteiger partial charge in [-0.15, -0.1) is 0 Å². The summed E-state index contributed by atoms with van der Waals surface area (Å²) in [6.07, 6.45) is 0.522. The van der Waals surface area contributed by atoms with E-state index in [-0.39, 0.29) is 28.2 Å². The van der Waals surface area contributed by atoms with E-state index in [2.05, 4.69) is 4.72 Å². The highest BCUT2D eigenvalue weighted by Gasteiger charge is 2.32. The fourth-order valence-corrected chi connectivity index (χ4v) is 4.80. The minimum Gasteiger partial charge on any atom is -0.305 e. The maximum Gasteiger partial charge on any atom is 0.271 e. The molecule has 9 heteroatoms. The van der Waals surface area contributed by atoms with Crippen LogP contribution >= 0.6 is 0 Å². The zero-order chi connectivity index (χ0) is 22.2. The predicted molar refractivity (Wildman–Crippen MR) is 117 cm³/mol. The van der Waals surface area contributed by atoms with Crippen LogP contribution in [-0.4, -0.2) is 25.3 Å². The van der Waals surface area contributed by atoms with Crippen molar-refractivity contribution in [1.82, 2.24) is 0 Å². The van der Waals surface area contributed by atoms with Crippen LogP contribution in [0.4, 0.5) is 17.1 Å². The van der Waals surface area contributed by atoms with Crippen LogP contribution < -0.4 is 9.62 Å². The first-order valence-corrected chi connectivity index (χ1v) is 11.0. The Bertz CT molecular complexity index is 1280. The molecule has 0 fully saturated rings. The van der Waals surface area contributed by atoms with Crippen molar-refractivity contribution < 1.29 is 18.1 Å². The molecule has 0 radical (unpaired) electrons. The number of sulfonamides is 1. The van der Waals surface area contributed by atoms with Crippen molar-refractivity contribution in [3.8, 4) is 0 Å². The molecule has 1 atom stereocenters. The molecule has 3 aromatic rings. The Hall–Kier alpha value is -3.72. The van der Waals surface area contributed by atoms with Crippen molar-refractivity contribution in [2.45, 2.75) is 24.3 Å². The summed E-state index contributed by atoms with van der Waals surface area (Å²) in [4.78, 5) is 25.0. The number of benzene rings is 3. The highest BCUT2D eigenvalue weighted by atomic mass is 32.2. The number of carbonyl (C=O) groups excluding carboxylic acids is 1. The molecule has 8 nitrogen and oxygen atoms in total.